The van der Waals surface area contributed by atoms with E-state index in [2.05, 4.69) is 15.3 Å². The number of benzene rings is 2. The summed E-state index contributed by atoms with van der Waals surface area (Å²) in [6, 6.07) is 8.29. The molecule has 0 saturated heterocycles. The van der Waals surface area contributed by atoms with Gasteiger partial charge in [0.1, 0.15) is 17.9 Å². The first-order valence-corrected chi connectivity index (χ1v) is 11.1. The smallest absolute Gasteiger partial charge is 0.178 e. The van der Waals surface area contributed by atoms with Crippen LogP contribution in [0.25, 0.3) is 10.9 Å². The zero-order valence-electron chi connectivity index (χ0n) is 17.6. The summed E-state index contributed by atoms with van der Waals surface area (Å²) in [5.74, 6) is 2.09. The molecule has 0 unspecified atom stereocenters. The van der Waals surface area contributed by atoms with Gasteiger partial charge in [0.05, 0.1) is 42.2 Å². The van der Waals surface area contributed by atoms with Gasteiger partial charge in [-0.1, -0.05) is 6.92 Å². The Kier molecular flexibility index (Phi) is 6.31. The molecule has 0 bridgehead atoms. The maximum Gasteiger partial charge on any atom is 0.178 e. The monoisotopic (exact) mass is 431 g/mol. The third-order valence-electron chi connectivity index (χ3n) is 4.45. The van der Waals surface area contributed by atoms with Crippen LogP contribution in [0, 0.1) is 0 Å². The Bertz CT molecular complexity index is 1160. The number of fused-ring (bicyclic) bond motifs is 1. The van der Waals surface area contributed by atoms with E-state index in [1.54, 1.807) is 51.5 Å². The summed E-state index contributed by atoms with van der Waals surface area (Å²) in [6.07, 6.45) is 1.33. The van der Waals surface area contributed by atoms with Crippen molar-refractivity contribution < 1.29 is 22.6 Å². The molecule has 0 fully saturated rings. The number of hydrogen-bond acceptors (Lipinski definition) is 8. The molecule has 3 aromatic rings. The van der Waals surface area contributed by atoms with Crippen molar-refractivity contribution >= 4 is 32.2 Å². The highest BCUT2D eigenvalue weighted by Gasteiger charge is 2.17. The molecule has 0 aliphatic rings. The van der Waals surface area contributed by atoms with Gasteiger partial charge in [-0.15, -0.1) is 0 Å². The van der Waals surface area contributed by atoms with Gasteiger partial charge in [-0.05, 0) is 38.1 Å². The van der Waals surface area contributed by atoms with Crippen molar-refractivity contribution in [3.63, 3.8) is 0 Å². The quantitative estimate of drug-likeness (QED) is 0.572. The molecule has 160 valence electrons. The molecule has 8 nitrogen and oxygen atoms in total. The van der Waals surface area contributed by atoms with E-state index < -0.39 is 9.84 Å². The van der Waals surface area contributed by atoms with Crippen LogP contribution in [0.4, 0.5) is 11.5 Å². The topological polar surface area (TPSA) is 99.6 Å². The van der Waals surface area contributed by atoms with Gasteiger partial charge in [-0.2, -0.15) is 0 Å². The number of aromatic nitrogens is 2. The summed E-state index contributed by atoms with van der Waals surface area (Å²) in [7, 11) is -0.281. The Hall–Kier alpha value is -3.07. The number of nitrogens with one attached hydrogen (secondary N) is 1. The maximum absolute atomic E-state index is 12.4. The van der Waals surface area contributed by atoms with Crippen molar-refractivity contribution in [3.05, 3.63) is 36.7 Å². The van der Waals surface area contributed by atoms with Crippen LogP contribution < -0.4 is 19.5 Å². The van der Waals surface area contributed by atoms with Crippen LogP contribution >= 0.6 is 0 Å². The van der Waals surface area contributed by atoms with Gasteiger partial charge in [0.25, 0.3) is 0 Å². The highest BCUT2D eigenvalue weighted by Crippen LogP contribution is 2.36. The molecule has 1 heterocycles. The fourth-order valence-corrected chi connectivity index (χ4v) is 3.84. The Morgan fingerprint density at radius 2 is 1.70 bits per heavy atom. The summed E-state index contributed by atoms with van der Waals surface area (Å²) in [4.78, 5) is 8.85. The molecule has 0 radical (unpaired) electrons. The fourth-order valence-electron chi connectivity index (χ4n) is 2.93. The first-order chi connectivity index (χ1) is 14.3. The van der Waals surface area contributed by atoms with Crippen molar-refractivity contribution in [2.24, 2.45) is 0 Å². The van der Waals surface area contributed by atoms with Crippen LogP contribution in [0.2, 0.25) is 0 Å². The van der Waals surface area contributed by atoms with E-state index in [1.165, 1.54) is 6.33 Å². The van der Waals surface area contributed by atoms with Gasteiger partial charge >= 0.3 is 0 Å². The number of hydrogen-bond donors (Lipinski definition) is 1. The van der Waals surface area contributed by atoms with Gasteiger partial charge in [-0.3, -0.25) is 0 Å². The molecular formula is C21H25N3O5S. The van der Waals surface area contributed by atoms with Crippen molar-refractivity contribution in [2.75, 3.05) is 25.3 Å². The van der Waals surface area contributed by atoms with Gasteiger partial charge in [0.2, 0.25) is 0 Å². The molecule has 0 aliphatic carbocycles. The van der Waals surface area contributed by atoms with Gasteiger partial charge in [0.15, 0.2) is 21.3 Å². The second-order valence-electron chi connectivity index (χ2n) is 6.80. The van der Waals surface area contributed by atoms with Gasteiger partial charge in [0, 0.05) is 11.5 Å². The number of rotatable bonds is 8. The molecule has 0 saturated carbocycles. The molecule has 9 heteroatoms. The molecule has 30 heavy (non-hydrogen) atoms. The van der Waals surface area contributed by atoms with Crippen LogP contribution in [0.3, 0.4) is 0 Å². The molecule has 0 atom stereocenters. The Labute approximate surface area is 176 Å². The number of anilines is 2. The lowest BCUT2D eigenvalue weighted by Gasteiger charge is -2.17. The minimum atomic E-state index is -3.39. The third-order valence-corrected chi connectivity index (χ3v) is 6.18. The molecule has 3 rings (SSSR count). The first kappa shape index (κ1) is 21.6. The minimum Gasteiger partial charge on any atom is -0.493 e. The summed E-state index contributed by atoms with van der Waals surface area (Å²) >= 11 is 0. The van der Waals surface area contributed by atoms with E-state index in [0.29, 0.717) is 39.7 Å². The maximum atomic E-state index is 12.4. The number of methoxy groups -OCH3 is 2. The molecule has 0 aliphatic heterocycles. The molecular weight excluding hydrogens is 406 g/mol. The lowest BCUT2D eigenvalue weighted by Crippen LogP contribution is -2.10. The summed E-state index contributed by atoms with van der Waals surface area (Å²) in [6.45, 7) is 5.41. The lowest BCUT2D eigenvalue weighted by atomic mass is 10.2. The highest BCUT2D eigenvalue weighted by atomic mass is 32.2. The number of ether oxygens (including phenoxy) is 3. The third kappa shape index (κ3) is 4.40. The number of sulfone groups is 1. The van der Waals surface area contributed by atoms with Crippen molar-refractivity contribution in [1.82, 2.24) is 9.97 Å². The second-order valence-corrected chi connectivity index (χ2v) is 9.08. The largest absolute Gasteiger partial charge is 0.493 e. The van der Waals surface area contributed by atoms with Crippen LogP contribution in [0.5, 0.6) is 17.2 Å². The minimum absolute atomic E-state index is 0.00422. The van der Waals surface area contributed by atoms with E-state index in [0.717, 1.165) is 0 Å². The molecule has 1 N–H and O–H groups in total. The second kappa shape index (κ2) is 8.74. The number of nitrogens with zero attached hydrogens (tertiary/aromatic N) is 2. The summed E-state index contributed by atoms with van der Waals surface area (Å²) in [5, 5.41) is 3.90. The SMILES string of the molecule is CCS(=O)(=O)c1ccc(OC(C)C)c(Nc2ncnc3cc(OC)c(OC)cc23)c1. The van der Waals surface area contributed by atoms with Crippen LogP contribution in [0.1, 0.15) is 20.8 Å². The average molecular weight is 432 g/mol. The van der Waals surface area contributed by atoms with Crippen molar-refractivity contribution in [3.8, 4) is 17.2 Å². The van der Waals surface area contributed by atoms with Crippen LogP contribution in [-0.2, 0) is 9.84 Å². The zero-order chi connectivity index (χ0) is 21.9. The van der Waals surface area contributed by atoms with Crippen molar-refractivity contribution in [1.29, 1.82) is 0 Å². The fraction of sp³-hybridized carbons (Fsp3) is 0.333. The van der Waals surface area contributed by atoms with E-state index in [1.807, 2.05) is 13.8 Å². The predicted molar refractivity (Wildman–Crippen MR) is 116 cm³/mol. The molecule has 1 aromatic heterocycles. The lowest BCUT2D eigenvalue weighted by molar-refractivity contribution is 0.243. The zero-order valence-corrected chi connectivity index (χ0v) is 18.4. The molecule has 0 spiro atoms. The summed E-state index contributed by atoms with van der Waals surface area (Å²) < 4.78 is 41.4. The van der Waals surface area contributed by atoms with Crippen molar-refractivity contribution in [2.45, 2.75) is 31.8 Å². The van der Waals surface area contributed by atoms with E-state index in [9.17, 15) is 8.42 Å². The Morgan fingerprint density at radius 3 is 2.33 bits per heavy atom. The standard InChI is InChI=1S/C21H25N3O5S/c1-6-30(25,26)14-7-8-18(29-13(2)3)17(9-14)24-21-15-10-19(27-4)20(28-5)11-16(15)22-12-23-21/h7-13H,6H2,1-5H3,(H,22,23,24). The van der Waals surface area contributed by atoms with Crippen LogP contribution in [-0.4, -0.2) is 44.5 Å². The Balaban J connectivity index is 2.14. The highest BCUT2D eigenvalue weighted by molar-refractivity contribution is 7.91. The molecule has 2 aromatic carbocycles. The van der Waals surface area contributed by atoms with Gasteiger partial charge in [-0.25, -0.2) is 18.4 Å². The normalized spacial score (nSPS) is 11.5. The molecule has 0 amide bonds. The first-order valence-electron chi connectivity index (χ1n) is 9.46. The predicted octanol–water partition coefficient (Wildman–Crippen LogP) is 3.97. The van der Waals surface area contributed by atoms with E-state index >= 15 is 0 Å². The van der Waals surface area contributed by atoms with E-state index in [4.69, 9.17) is 14.2 Å². The average Bonchev–Trinajstić information content (AvgIpc) is 2.73. The van der Waals surface area contributed by atoms with Gasteiger partial charge < -0.3 is 19.5 Å². The summed E-state index contributed by atoms with van der Waals surface area (Å²) in [5.41, 5.74) is 1.14. The van der Waals surface area contributed by atoms with Crippen LogP contribution in [0.15, 0.2) is 41.6 Å². The Morgan fingerprint density at radius 1 is 1.00 bits per heavy atom. The van der Waals surface area contributed by atoms with E-state index in [-0.39, 0.29) is 16.8 Å².